The summed E-state index contributed by atoms with van der Waals surface area (Å²) in [4.78, 5) is 13.2. The molecule has 2 saturated carbocycles. The number of alkyl halides is 6. The van der Waals surface area contributed by atoms with E-state index in [1.54, 1.807) is 0 Å². The van der Waals surface area contributed by atoms with Gasteiger partial charge in [0.05, 0.1) is 16.9 Å². The average Bonchev–Trinajstić information content (AvgIpc) is 3.76. The molecule has 39 heavy (non-hydrogen) atoms. The number of hydrogen-bond acceptors (Lipinski definition) is 4. The van der Waals surface area contributed by atoms with Crippen molar-refractivity contribution in [3.63, 3.8) is 0 Å². The van der Waals surface area contributed by atoms with Crippen molar-refractivity contribution >= 4 is 15.7 Å². The molecule has 0 aliphatic heterocycles. The van der Waals surface area contributed by atoms with Crippen molar-refractivity contribution in [2.45, 2.75) is 60.6 Å². The molecule has 4 atom stereocenters. The Morgan fingerprint density at radius 3 is 1.92 bits per heavy atom. The van der Waals surface area contributed by atoms with E-state index in [1.807, 2.05) is 6.07 Å². The summed E-state index contributed by atoms with van der Waals surface area (Å²) in [5.74, 6) is -4.42. The highest BCUT2D eigenvalue weighted by Gasteiger charge is 2.73. The largest absolute Gasteiger partial charge is 0.445 e. The number of quaternary nitrogens is 1. The van der Waals surface area contributed by atoms with Gasteiger partial charge < -0.3 is 10.6 Å². The SMILES string of the molecule is CC(C1CC1([NH2+]C(c1ccc(-c2ccc(S(C)(=O)=O)cc2)cc1)C(F)(F)F)C(=O)NC1(C#N)CC1)C(F)(F)F. The van der Waals surface area contributed by atoms with Gasteiger partial charge in [-0.1, -0.05) is 43.3 Å². The number of nitrogens with two attached hydrogens (primary N) is 1. The Morgan fingerprint density at radius 2 is 1.51 bits per heavy atom. The van der Waals surface area contributed by atoms with Crippen LogP contribution in [0.2, 0.25) is 0 Å². The predicted molar refractivity (Wildman–Crippen MR) is 127 cm³/mol. The van der Waals surface area contributed by atoms with Gasteiger partial charge in [0.25, 0.3) is 5.91 Å². The first-order chi connectivity index (χ1) is 17.9. The smallest absolute Gasteiger partial charge is 0.332 e. The van der Waals surface area contributed by atoms with Crippen molar-refractivity contribution in [3.05, 3.63) is 54.1 Å². The zero-order valence-corrected chi connectivity index (χ0v) is 21.7. The topological polar surface area (TPSA) is 104 Å². The van der Waals surface area contributed by atoms with Crippen LogP contribution in [-0.4, -0.2) is 44.0 Å². The van der Waals surface area contributed by atoms with Crippen molar-refractivity contribution in [1.82, 2.24) is 5.32 Å². The van der Waals surface area contributed by atoms with Gasteiger partial charge in [0, 0.05) is 24.2 Å². The minimum atomic E-state index is -4.91. The lowest BCUT2D eigenvalue weighted by Gasteiger charge is -2.27. The van der Waals surface area contributed by atoms with Crippen LogP contribution in [0.1, 0.15) is 37.8 Å². The fourth-order valence-electron chi connectivity index (χ4n) is 4.86. The maximum absolute atomic E-state index is 14.3. The Hall–Kier alpha value is -3.11. The zero-order chi connectivity index (χ0) is 29.0. The first-order valence-corrected chi connectivity index (χ1v) is 13.9. The second-order valence-corrected chi connectivity index (χ2v) is 12.4. The molecule has 6 nitrogen and oxygen atoms in total. The third kappa shape index (κ3) is 5.91. The lowest BCUT2D eigenvalue weighted by Crippen LogP contribution is -2.98. The molecule has 3 N–H and O–H groups in total. The molecule has 1 amide bonds. The third-order valence-corrected chi connectivity index (χ3v) is 8.75. The summed E-state index contributed by atoms with van der Waals surface area (Å²) in [6.45, 7) is 0.844. The number of sulfone groups is 1. The number of nitrogens with one attached hydrogen (secondary N) is 1. The second kappa shape index (κ2) is 9.52. The van der Waals surface area contributed by atoms with Crippen molar-refractivity contribution in [1.29, 1.82) is 5.26 Å². The highest BCUT2D eigenvalue weighted by molar-refractivity contribution is 7.90. The van der Waals surface area contributed by atoms with E-state index in [-0.39, 0.29) is 23.3 Å². The van der Waals surface area contributed by atoms with Gasteiger partial charge in [-0.25, -0.2) is 8.42 Å². The van der Waals surface area contributed by atoms with E-state index in [0.29, 0.717) is 16.4 Å². The Labute approximate surface area is 221 Å². The Morgan fingerprint density at radius 1 is 1.00 bits per heavy atom. The number of benzene rings is 2. The van der Waals surface area contributed by atoms with E-state index >= 15 is 0 Å². The average molecular weight is 575 g/mol. The summed E-state index contributed by atoms with van der Waals surface area (Å²) in [5, 5.41) is 12.4. The molecule has 0 bridgehead atoms. The Bertz CT molecular complexity index is 1390. The quantitative estimate of drug-likeness (QED) is 0.465. The van der Waals surface area contributed by atoms with E-state index in [2.05, 4.69) is 5.32 Å². The van der Waals surface area contributed by atoms with Crippen molar-refractivity contribution < 1.29 is 44.9 Å². The molecule has 0 saturated heterocycles. The third-order valence-electron chi connectivity index (χ3n) is 7.62. The fourth-order valence-corrected chi connectivity index (χ4v) is 5.49. The number of nitrogens with zero attached hydrogens (tertiary/aromatic N) is 1. The molecule has 0 heterocycles. The van der Waals surface area contributed by atoms with E-state index < -0.39 is 63.5 Å². The second-order valence-electron chi connectivity index (χ2n) is 10.4. The van der Waals surface area contributed by atoms with E-state index in [4.69, 9.17) is 0 Å². The van der Waals surface area contributed by atoms with Crippen LogP contribution in [-0.2, 0) is 14.6 Å². The molecule has 0 aromatic heterocycles. The highest BCUT2D eigenvalue weighted by atomic mass is 32.2. The molecule has 210 valence electrons. The van der Waals surface area contributed by atoms with Crippen LogP contribution in [0.3, 0.4) is 0 Å². The molecule has 2 fully saturated rings. The zero-order valence-electron chi connectivity index (χ0n) is 20.9. The molecule has 4 unspecified atom stereocenters. The van der Waals surface area contributed by atoms with Crippen LogP contribution in [0.25, 0.3) is 11.1 Å². The molecular weight excluding hydrogens is 548 g/mol. The van der Waals surface area contributed by atoms with Gasteiger partial charge in [0.2, 0.25) is 6.04 Å². The number of halogens is 6. The number of carbonyl (C=O) groups is 1. The lowest BCUT2D eigenvalue weighted by molar-refractivity contribution is -0.753. The number of hydrogen-bond donors (Lipinski definition) is 2. The van der Waals surface area contributed by atoms with E-state index in [1.165, 1.54) is 48.5 Å². The molecular formula is C26H26F6N3O3S+. The number of nitriles is 1. The maximum atomic E-state index is 14.3. The van der Waals surface area contributed by atoms with Crippen LogP contribution in [0.5, 0.6) is 0 Å². The summed E-state index contributed by atoms with van der Waals surface area (Å²) in [6.07, 6.45) is -8.44. The van der Waals surface area contributed by atoms with Crippen LogP contribution < -0.4 is 10.6 Å². The minimum absolute atomic E-state index is 0.0784. The van der Waals surface area contributed by atoms with Crippen molar-refractivity contribution in [2.75, 3.05) is 6.26 Å². The first-order valence-electron chi connectivity index (χ1n) is 12.1. The molecule has 0 radical (unpaired) electrons. The Balaban J connectivity index is 1.64. The number of carbonyl (C=O) groups excluding carboxylic acids is 1. The summed E-state index contributed by atoms with van der Waals surface area (Å²) in [5.41, 5.74) is -2.52. The molecule has 4 rings (SSSR count). The van der Waals surface area contributed by atoms with E-state index in [0.717, 1.165) is 13.2 Å². The predicted octanol–water partition coefficient (Wildman–Crippen LogP) is 4.05. The maximum Gasteiger partial charge on any atom is 0.445 e. The number of rotatable bonds is 8. The molecule has 2 aromatic carbocycles. The summed E-state index contributed by atoms with van der Waals surface area (Å²) < 4.78 is 107. The molecule has 2 aliphatic carbocycles. The molecule has 2 aromatic rings. The Kier molecular flexibility index (Phi) is 7.05. The van der Waals surface area contributed by atoms with E-state index in [9.17, 15) is 44.8 Å². The highest BCUT2D eigenvalue weighted by Crippen LogP contribution is 2.52. The van der Waals surface area contributed by atoms with Crippen LogP contribution in [0.4, 0.5) is 26.3 Å². The van der Waals surface area contributed by atoms with Gasteiger partial charge in [-0.3, -0.25) is 4.79 Å². The van der Waals surface area contributed by atoms with Gasteiger partial charge in [0.1, 0.15) is 5.54 Å². The molecule has 2 aliphatic rings. The standard InChI is InChI=1S/C26H25F6N3O3S/c1-15(25(27,28)29)20-13-24(20,22(36)35-23(14-33)11-12-23)34-21(26(30,31)32)18-5-3-16(4-6-18)17-7-9-19(10-8-17)39(2,37)38/h3-10,15,20-21,34H,11-13H2,1-2H3,(H,35,36)/p+1. The molecule has 0 spiro atoms. The van der Waals surface area contributed by atoms with Crippen LogP contribution in [0.15, 0.2) is 53.4 Å². The normalized spacial score (nSPS) is 23.8. The summed E-state index contributed by atoms with van der Waals surface area (Å²) in [7, 11) is -3.43. The van der Waals surface area contributed by atoms with Gasteiger partial charge in [-0.15, -0.1) is 0 Å². The van der Waals surface area contributed by atoms with Crippen LogP contribution in [0, 0.1) is 23.2 Å². The van der Waals surface area contributed by atoms with Gasteiger partial charge in [0.15, 0.2) is 15.4 Å². The first kappa shape index (κ1) is 28.9. The fraction of sp³-hybridized carbons (Fsp3) is 0.462. The van der Waals surface area contributed by atoms with Gasteiger partial charge in [-0.05, 0) is 36.1 Å². The summed E-state index contributed by atoms with van der Waals surface area (Å²) >= 11 is 0. The van der Waals surface area contributed by atoms with Gasteiger partial charge >= 0.3 is 12.4 Å². The lowest BCUT2D eigenvalue weighted by atomic mass is 9.96. The van der Waals surface area contributed by atoms with Gasteiger partial charge in [-0.2, -0.15) is 31.6 Å². The van der Waals surface area contributed by atoms with Crippen molar-refractivity contribution in [3.8, 4) is 17.2 Å². The van der Waals surface area contributed by atoms with Crippen molar-refractivity contribution in [2.24, 2.45) is 11.8 Å². The molecule has 13 heteroatoms. The summed E-state index contributed by atoms with van der Waals surface area (Å²) in [6, 6.07) is 10.4. The minimum Gasteiger partial charge on any atom is -0.332 e. The number of amides is 1. The monoisotopic (exact) mass is 574 g/mol. The van der Waals surface area contributed by atoms with Crippen LogP contribution >= 0.6 is 0 Å².